The van der Waals surface area contributed by atoms with Crippen LogP contribution in [-0.4, -0.2) is 49.2 Å². The van der Waals surface area contributed by atoms with Gasteiger partial charge in [0.15, 0.2) is 6.61 Å². The van der Waals surface area contributed by atoms with E-state index in [0.29, 0.717) is 0 Å². The van der Waals surface area contributed by atoms with E-state index in [1.807, 2.05) is 5.32 Å². The Morgan fingerprint density at radius 1 is 1.39 bits per heavy atom. The van der Waals surface area contributed by atoms with Gasteiger partial charge in [0, 0.05) is 13.2 Å². The van der Waals surface area contributed by atoms with Gasteiger partial charge in [-0.3, -0.25) is 4.79 Å². The summed E-state index contributed by atoms with van der Waals surface area (Å²) in [5.41, 5.74) is 0. The van der Waals surface area contributed by atoms with Crippen molar-refractivity contribution in [3.63, 3.8) is 0 Å². The van der Waals surface area contributed by atoms with E-state index in [9.17, 15) is 22.8 Å². The quantitative estimate of drug-likeness (QED) is 0.727. The molecule has 0 aliphatic rings. The zero-order valence-corrected chi connectivity index (χ0v) is 9.62. The lowest BCUT2D eigenvalue weighted by Gasteiger charge is -2.15. The van der Waals surface area contributed by atoms with E-state index >= 15 is 0 Å². The highest BCUT2D eigenvalue weighted by atomic mass is 19.4. The largest absolute Gasteiger partial charge is 0.481 e. The maximum Gasteiger partial charge on any atom is 0.422 e. The molecule has 0 aromatic carbocycles. The standard InChI is InChI=1S/C9H14F3NO5/c1-2-17-6(3-7(14)15)4-13-8(16)18-5-9(10,11)12/h6H,2-5H2,1H3,(H,13,16)(H,14,15). The van der Waals surface area contributed by atoms with Crippen molar-refractivity contribution in [2.45, 2.75) is 25.6 Å². The molecule has 1 unspecified atom stereocenters. The van der Waals surface area contributed by atoms with Gasteiger partial charge in [0.25, 0.3) is 0 Å². The van der Waals surface area contributed by atoms with Crippen molar-refractivity contribution in [3.05, 3.63) is 0 Å². The van der Waals surface area contributed by atoms with Crippen molar-refractivity contribution in [1.29, 1.82) is 0 Å². The van der Waals surface area contributed by atoms with Crippen molar-refractivity contribution >= 4 is 12.1 Å². The van der Waals surface area contributed by atoms with Gasteiger partial charge >= 0.3 is 18.2 Å². The average Bonchev–Trinajstić information content (AvgIpc) is 2.21. The topological polar surface area (TPSA) is 84.9 Å². The van der Waals surface area contributed by atoms with E-state index in [1.54, 1.807) is 6.92 Å². The lowest BCUT2D eigenvalue weighted by molar-refractivity contribution is -0.160. The van der Waals surface area contributed by atoms with Crippen LogP contribution in [0.15, 0.2) is 0 Å². The molecule has 1 amide bonds. The zero-order chi connectivity index (χ0) is 14.2. The number of hydrogen-bond donors (Lipinski definition) is 2. The number of carboxylic acid groups (broad SMARTS) is 1. The molecule has 1 atom stereocenters. The highest BCUT2D eigenvalue weighted by Crippen LogP contribution is 2.14. The molecule has 0 rings (SSSR count). The van der Waals surface area contributed by atoms with Gasteiger partial charge in [0.1, 0.15) is 0 Å². The Morgan fingerprint density at radius 2 is 2.00 bits per heavy atom. The zero-order valence-electron chi connectivity index (χ0n) is 9.62. The minimum Gasteiger partial charge on any atom is -0.481 e. The van der Waals surface area contributed by atoms with Crippen molar-refractivity contribution in [1.82, 2.24) is 5.32 Å². The molecule has 0 saturated carbocycles. The first kappa shape index (κ1) is 16.5. The number of hydrogen-bond acceptors (Lipinski definition) is 4. The first-order valence-electron chi connectivity index (χ1n) is 5.05. The number of nitrogens with one attached hydrogen (secondary N) is 1. The minimum atomic E-state index is -4.60. The van der Waals surface area contributed by atoms with E-state index < -0.39 is 30.9 Å². The van der Waals surface area contributed by atoms with Crippen LogP contribution in [0.3, 0.4) is 0 Å². The Balaban J connectivity index is 3.95. The second-order valence-electron chi connectivity index (χ2n) is 3.25. The monoisotopic (exact) mass is 273 g/mol. The summed E-state index contributed by atoms with van der Waals surface area (Å²) < 4.78 is 43.9. The molecule has 0 bridgehead atoms. The van der Waals surface area contributed by atoms with E-state index in [0.717, 1.165) is 0 Å². The van der Waals surface area contributed by atoms with Gasteiger partial charge in [0.2, 0.25) is 0 Å². The molecule has 106 valence electrons. The SMILES string of the molecule is CCOC(CNC(=O)OCC(F)(F)F)CC(=O)O. The Hall–Kier alpha value is -1.51. The predicted octanol–water partition coefficient (Wildman–Crippen LogP) is 1.15. The van der Waals surface area contributed by atoms with E-state index in [4.69, 9.17) is 9.84 Å². The van der Waals surface area contributed by atoms with Gasteiger partial charge in [-0.05, 0) is 6.92 Å². The van der Waals surface area contributed by atoms with Crippen molar-refractivity contribution in [2.75, 3.05) is 19.8 Å². The van der Waals surface area contributed by atoms with E-state index in [-0.39, 0.29) is 19.6 Å². The van der Waals surface area contributed by atoms with E-state index in [1.165, 1.54) is 0 Å². The summed E-state index contributed by atoms with van der Waals surface area (Å²) in [6.45, 7) is -0.0953. The smallest absolute Gasteiger partial charge is 0.422 e. The van der Waals surface area contributed by atoms with Gasteiger partial charge in [-0.2, -0.15) is 13.2 Å². The molecule has 0 aromatic rings. The van der Waals surface area contributed by atoms with Crippen LogP contribution in [0.5, 0.6) is 0 Å². The van der Waals surface area contributed by atoms with Crippen molar-refractivity contribution in [3.8, 4) is 0 Å². The number of carboxylic acids is 1. The summed E-state index contributed by atoms with van der Waals surface area (Å²) in [6, 6.07) is 0. The molecular weight excluding hydrogens is 259 g/mol. The molecule has 0 aromatic heterocycles. The molecule has 0 aliphatic heterocycles. The van der Waals surface area contributed by atoms with Crippen molar-refractivity contribution in [2.24, 2.45) is 0 Å². The van der Waals surface area contributed by atoms with Crippen LogP contribution >= 0.6 is 0 Å². The predicted molar refractivity (Wildman–Crippen MR) is 53.1 cm³/mol. The molecule has 0 aliphatic carbocycles. The van der Waals surface area contributed by atoms with Crippen LogP contribution in [-0.2, 0) is 14.3 Å². The highest BCUT2D eigenvalue weighted by Gasteiger charge is 2.29. The molecule has 9 heteroatoms. The molecule has 18 heavy (non-hydrogen) atoms. The first-order valence-corrected chi connectivity index (χ1v) is 5.05. The van der Waals surface area contributed by atoms with E-state index in [2.05, 4.69) is 4.74 Å². The number of halogens is 3. The average molecular weight is 273 g/mol. The number of rotatable bonds is 7. The minimum absolute atomic E-state index is 0.219. The van der Waals surface area contributed by atoms with Gasteiger partial charge < -0.3 is 19.9 Å². The van der Waals surface area contributed by atoms with Gasteiger partial charge in [-0.15, -0.1) is 0 Å². The normalized spacial score (nSPS) is 12.9. The third kappa shape index (κ3) is 9.70. The molecular formula is C9H14F3NO5. The number of aliphatic carboxylic acids is 1. The van der Waals surface area contributed by atoms with Crippen LogP contribution in [0.25, 0.3) is 0 Å². The van der Waals surface area contributed by atoms with Crippen LogP contribution in [0.4, 0.5) is 18.0 Å². The summed E-state index contributed by atoms with van der Waals surface area (Å²) >= 11 is 0. The summed E-state index contributed by atoms with van der Waals surface area (Å²) in [6.07, 6.45) is -7.06. The third-order valence-corrected chi connectivity index (χ3v) is 1.65. The molecule has 0 fully saturated rings. The van der Waals surface area contributed by atoms with Gasteiger partial charge in [0.05, 0.1) is 12.5 Å². The van der Waals surface area contributed by atoms with Crippen LogP contribution in [0.2, 0.25) is 0 Å². The summed E-state index contributed by atoms with van der Waals surface area (Å²) in [5, 5.41) is 10.5. The third-order valence-electron chi connectivity index (χ3n) is 1.65. The van der Waals surface area contributed by atoms with Crippen LogP contribution < -0.4 is 5.32 Å². The number of ether oxygens (including phenoxy) is 2. The Morgan fingerprint density at radius 3 is 2.44 bits per heavy atom. The molecule has 0 saturated heterocycles. The van der Waals surface area contributed by atoms with Crippen molar-refractivity contribution < 1.29 is 37.3 Å². The lowest BCUT2D eigenvalue weighted by atomic mass is 10.2. The first-order chi connectivity index (χ1) is 8.24. The number of carbonyl (C=O) groups excluding carboxylic acids is 1. The van der Waals surface area contributed by atoms with Gasteiger partial charge in [-0.1, -0.05) is 0 Å². The fraction of sp³-hybridized carbons (Fsp3) is 0.778. The fourth-order valence-electron chi connectivity index (χ4n) is 1.02. The Labute approximate surface area is 101 Å². The van der Waals surface area contributed by atoms with Crippen LogP contribution in [0.1, 0.15) is 13.3 Å². The number of amides is 1. The lowest BCUT2D eigenvalue weighted by Crippen LogP contribution is -2.36. The fourth-order valence-corrected chi connectivity index (χ4v) is 1.02. The Bertz CT molecular complexity index is 282. The summed E-state index contributed by atoms with van der Waals surface area (Å²) in [4.78, 5) is 21.3. The maximum atomic E-state index is 11.7. The molecule has 0 heterocycles. The number of alkyl carbamates (subject to hydrolysis) is 1. The molecule has 6 nitrogen and oxygen atoms in total. The second-order valence-corrected chi connectivity index (χ2v) is 3.25. The summed E-state index contributed by atoms with van der Waals surface area (Å²) in [7, 11) is 0. The van der Waals surface area contributed by atoms with Crippen LogP contribution in [0, 0.1) is 0 Å². The Kier molecular flexibility index (Phi) is 7.10. The van der Waals surface area contributed by atoms with Gasteiger partial charge in [-0.25, -0.2) is 4.79 Å². The number of alkyl halides is 3. The highest BCUT2D eigenvalue weighted by molar-refractivity contribution is 5.68. The second kappa shape index (κ2) is 7.75. The number of carbonyl (C=O) groups is 2. The summed E-state index contributed by atoms with van der Waals surface area (Å²) in [5.74, 6) is -1.14. The maximum absolute atomic E-state index is 11.7. The molecule has 2 N–H and O–H groups in total. The molecule has 0 radical (unpaired) electrons. The molecule has 0 spiro atoms.